The summed E-state index contributed by atoms with van der Waals surface area (Å²) >= 11 is 1.54. The van der Waals surface area contributed by atoms with Gasteiger partial charge in [-0.3, -0.25) is 0 Å². The molecule has 0 aliphatic carbocycles. The van der Waals surface area contributed by atoms with E-state index in [4.69, 9.17) is 15.0 Å². The van der Waals surface area contributed by atoms with Crippen LogP contribution < -0.4 is 5.73 Å². The number of aromatic nitrogens is 2. The molecule has 18 heavy (non-hydrogen) atoms. The van der Waals surface area contributed by atoms with E-state index >= 15 is 0 Å². The van der Waals surface area contributed by atoms with Crippen LogP contribution in [0.1, 0.15) is 30.1 Å². The summed E-state index contributed by atoms with van der Waals surface area (Å²) in [7, 11) is 0. The van der Waals surface area contributed by atoms with Crippen molar-refractivity contribution in [1.82, 2.24) is 10.1 Å². The lowest BCUT2D eigenvalue weighted by Crippen LogP contribution is -2.15. The molecule has 0 aromatic carbocycles. The third-order valence-electron chi connectivity index (χ3n) is 3.25. The summed E-state index contributed by atoms with van der Waals surface area (Å²) in [5.74, 6) is 1.66. The fourth-order valence-corrected chi connectivity index (χ4v) is 2.96. The maximum absolute atomic E-state index is 5.98. The maximum atomic E-state index is 5.98. The molecule has 1 aliphatic heterocycles. The molecule has 3 heterocycles. The molecule has 0 radical (unpaired) electrons. The zero-order valence-electron chi connectivity index (χ0n) is 10.2. The van der Waals surface area contributed by atoms with Crippen molar-refractivity contribution in [1.29, 1.82) is 0 Å². The van der Waals surface area contributed by atoms with Gasteiger partial charge >= 0.3 is 0 Å². The van der Waals surface area contributed by atoms with Gasteiger partial charge < -0.3 is 15.0 Å². The van der Waals surface area contributed by atoms with Gasteiger partial charge in [0.05, 0.1) is 5.69 Å². The zero-order chi connectivity index (χ0) is 12.5. The number of nitrogens with two attached hydrogens (primary N) is 1. The molecule has 0 amide bonds. The van der Waals surface area contributed by atoms with E-state index in [-0.39, 0.29) is 0 Å². The minimum atomic E-state index is 0.346. The molecule has 3 rings (SSSR count). The van der Waals surface area contributed by atoms with Gasteiger partial charge in [-0.05, 0) is 30.7 Å². The number of thiophene rings is 1. The van der Waals surface area contributed by atoms with E-state index < -0.39 is 0 Å². The molecule has 96 valence electrons. The Bertz CT molecular complexity index is 543. The number of hydrogen-bond donors (Lipinski definition) is 1. The quantitative estimate of drug-likeness (QED) is 0.903. The normalized spacial score (nSPS) is 17.2. The van der Waals surface area contributed by atoms with Gasteiger partial charge in [0.2, 0.25) is 0 Å². The SMILES string of the molecule is Cc1csc(-c2nc(C3CCOCC3)no2)c1N. The van der Waals surface area contributed by atoms with E-state index in [1.54, 1.807) is 11.3 Å². The van der Waals surface area contributed by atoms with Gasteiger partial charge in [0.25, 0.3) is 5.89 Å². The Morgan fingerprint density at radius 2 is 2.17 bits per heavy atom. The molecule has 1 aliphatic rings. The van der Waals surface area contributed by atoms with Crippen LogP contribution >= 0.6 is 11.3 Å². The first-order valence-corrected chi connectivity index (χ1v) is 6.89. The lowest BCUT2D eigenvalue weighted by molar-refractivity contribution is 0.0830. The number of ether oxygens (including phenoxy) is 1. The molecule has 2 aromatic heterocycles. The summed E-state index contributed by atoms with van der Waals surface area (Å²) in [5.41, 5.74) is 7.78. The Morgan fingerprint density at radius 3 is 2.83 bits per heavy atom. The number of nitrogen functional groups attached to an aromatic ring is 1. The first-order chi connectivity index (χ1) is 8.75. The molecule has 2 N–H and O–H groups in total. The van der Waals surface area contributed by atoms with Gasteiger partial charge in [-0.15, -0.1) is 11.3 Å². The van der Waals surface area contributed by atoms with Gasteiger partial charge in [-0.25, -0.2) is 0 Å². The van der Waals surface area contributed by atoms with Crippen LogP contribution in [0.2, 0.25) is 0 Å². The van der Waals surface area contributed by atoms with E-state index in [1.165, 1.54) is 0 Å². The summed E-state index contributed by atoms with van der Waals surface area (Å²) in [6.45, 7) is 3.52. The number of hydrogen-bond acceptors (Lipinski definition) is 6. The second kappa shape index (κ2) is 4.70. The van der Waals surface area contributed by atoms with Crippen molar-refractivity contribution in [2.45, 2.75) is 25.7 Å². The summed E-state index contributed by atoms with van der Waals surface area (Å²) in [6, 6.07) is 0. The average molecular weight is 265 g/mol. The van der Waals surface area contributed by atoms with Crippen molar-refractivity contribution in [3.05, 3.63) is 16.8 Å². The van der Waals surface area contributed by atoms with Crippen LogP contribution in [0.4, 0.5) is 5.69 Å². The van der Waals surface area contributed by atoms with Crippen LogP contribution in [0.15, 0.2) is 9.90 Å². The van der Waals surface area contributed by atoms with Gasteiger partial charge in [-0.1, -0.05) is 5.16 Å². The Balaban J connectivity index is 1.87. The molecule has 0 spiro atoms. The lowest BCUT2D eigenvalue weighted by Gasteiger charge is -2.18. The highest BCUT2D eigenvalue weighted by molar-refractivity contribution is 7.14. The number of rotatable bonds is 2. The predicted octanol–water partition coefficient (Wildman–Crippen LogP) is 2.58. The van der Waals surface area contributed by atoms with Crippen molar-refractivity contribution in [2.24, 2.45) is 0 Å². The van der Waals surface area contributed by atoms with E-state index in [0.717, 1.165) is 48.0 Å². The monoisotopic (exact) mass is 265 g/mol. The molecule has 0 atom stereocenters. The van der Waals surface area contributed by atoms with E-state index in [2.05, 4.69) is 10.1 Å². The van der Waals surface area contributed by atoms with Crippen LogP contribution in [-0.2, 0) is 4.74 Å². The second-order valence-electron chi connectivity index (χ2n) is 4.51. The van der Waals surface area contributed by atoms with Crippen molar-refractivity contribution < 1.29 is 9.26 Å². The summed E-state index contributed by atoms with van der Waals surface area (Å²) in [5, 5.41) is 6.08. The standard InChI is InChI=1S/C12H15N3O2S/c1-7-6-18-10(9(7)13)12-14-11(15-17-12)8-2-4-16-5-3-8/h6,8H,2-5,13H2,1H3. The largest absolute Gasteiger partial charge is 0.397 e. The van der Waals surface area contributed by atoms with Crippen molar-refractivity contribution in [2.75, 3.05) is 18.9 Å². The van der Waals surface area contributed by atoms with Crippen LogP contribution in [0, 0.1) is 6.92 Å². The van der Waals surface area contributed by atoms with Crippen LogP contribution in [0.25, 0.3) is 10.8 Å². The fourth-order valence-electron chi connectivity index (χ4n) is 2.07. The fraction of sp³-hybridized carbons (Fsp3) is 0.500. The minimum absolute atomic E-state index is 0.346. The van der Waals surface area contributed by atoms with Crippen LogP contribution in [0.3, 0.4) is 0 Å². The number of anilines is 1. The highest BCUT2D eigenvalue weighted by Crippen LogP contribution is 2.35. The molecule has 0 saturated carbocycles. The Labute approximate surface area is 109 Å². The van der Waals surface area contributed by atoms with Crippen molar-refractivity contribution >= 4 is 17.0 Å². The van der Waals surface area contributed by atoms with Gasteiger partial charge in [-0.2, -0.15) is 4.98 Å². The predicted molar refractivity (Wildman–Crippen MR) is 69.6 cm³/mol. The average Bonchev–Trinajstić information content (AvgIpc) is 3.00. The second-order valence-corrected chi connectivity index (χ2v) is 5.39. The first-order valence-electron chi connectivity index (χ1n) is 6.01. The molecular weight excluding hydrogens is 250 g/mol. The zero-order valence-corrected chi connectivity index (χ0v) is 11.0. The Morgan fingerprint density at radius 1 is 1.39 bits per heavy atom. The topological polar surface area (TPSA) is 74.2 Å². The third kappa shape index (κ3) is 2.02. The molecule has 0 bridgehead atoms. The Hall–Kier alpha value is -1.40. The van der Waals surface area contributed by atoms with E-state index in [1.807, 2.05) is 12.3 Å². The first kappa shape index (κ1) is 11.7. The van der Waals surface area contributed by atoms with Crippen LogP contribution in [-0.4, -0.2) is 23.4 Å². The highest BCUT2D eigenvalue weighted by Gasteiger charge is 2.23. The van der Waals surface area contributed by atoms with E-state index in [9.17, 15) is 0 Å². The summed E-state index contributed by atoms with van der Waals surface area (Å²) in [6.07, 6.45) is 1.91. The summed E-state index contributed by atoms with van der Waals surface area (Å²) < 4.78 is 10.7. The van der Waals surface area contributed by atoms with E-state index in [0.29, 0.717) is 11.8 Å². The van der Waals surface area contributed by atoms with Gasteiger partial charge in [0.1, 0.15) is 4.88 Å². The Kier molecular flexibility index (Phi) is 3.05. The minimum Gasteiger partial charge on any atom is -0.397 e. The van der Waals surface area contributed by atoms with Gasteiger partial charge in [0, 0.05) is 19.1 Å². The number of aryl methyl sites for hydroxylation is 1. The third-order valence-corrected chi connectivity index (χ3v) is 4.35. The maximum Gasteiger partial charge on any atom is 0.270 e. The molecule has 5 nitrogen and oxygen atoms in total. The van der Waals surface area contributed by atoms with Gasteiger partial charge in [0.15, 0.2) is 5.82 Å². The lowest BCUT2D eigenvalue weighted by atomic mass is 10.00. The molecule has 1 fully saturated rings. The highest BCUT2D eigenvalue weighted by atomic mass is 32.1. The van der Waals surface area contributed by atoms with Crippen molar-refractivity contribution in [3.8, 4) is 10.8 Å². The molecule has 6 heteroatoms. The smallest absolute Gasteiger partial charge is 0.270 e. The number of nitrogens with zero attached hydrogens (tertiary/aromatic N) is 2. The molecular formula is C12H15N3O2S. The van der Waals surface area contributed by atoms with Crippen LogP contribution in [0.5, 0.6) is 0 Å². The van der Waals surface area contributed by atoms with Crippen molar-refractivity contribution in [3.63, 3.8) is 0 Å². The molecule has 0 unspecified atom stereocenters. The molecule has 1 saturated heterocycles. The molecule has 2 aromatic rings. The summed E-state index contributed by atoms with van der Waals surface area (Å²) in [4.78, 5) is 5.35.